The molecule has 0 bridgehead atoms. The summed E-state index contributed by atoms with van der Waals surface area (Å²) in [4.78, 5) is 24.1. The van der Waals surface area contributed by atoms with Gasteiger partial charge in [0.05, 0.1) is 6.42 Å². The van der Waals surface area contributed by atoms with E-state index in [1.165, 1.54) is 4.68 Å². The summed E-state index contributed by atoms with van der Waals surface area (Å²) in [6, 6.07) is 8.70. The highest BCUT2D eigenvalue weighted by atomic mass is 79.9. The van der Waals surface area contributed by atoms with Gasteiger partial charge in [0.15, 0.2) is 11.5 Å². The molecule has 0 fully saturated rings. The summed E-state index contributed by atoms with van der Waals surface area (Å²) in [6.07, 6.45) is 1.41. The predicted molar refractivity (Wildman–Crippen MR) is 80.4 cm³/mol. The van der Waals surface area contributed by atoms with Gasteiger partial charge in [0, 0.05) is 23.1 Å². The zero-order valence-electron chi connectivity index (χ0n) is 11.2. The summed E-state index contributed by atoms with van der Waals surface area (Å²) >= 11 is 3.36. The van der Waals surface area contributed by atoms with Crippen molar-refractivity contribution in [2.45, 2.75) is 6.42 Å². The van der Waals surface area contributed by atoms with Crippen molar-refractivity contribution in [2.24, 2.45) is 7.05 Å². The van der Waals surface area contributed by atoms with Crippen molar-refractivity contribution in [1.29, 1.82) is 0 Å². The molecule has 0 aliphatic carbocycles. The van der Waals surface area contributed by atoms with Crippen LogP contribution in [0.15, 0.2) is 45.4 Å². The Labute approximate surface area is 128 Å². The van der Waals surface area contributed by atoms with Crippen LogP contribution in [0.1, 0.15) is 27.5 Å². The number of rotatable bonds is 4. The van der Waals surface area contributed by atoms with E-state index in [1.807, 2.05) is 12.1 Å². The Morgan fingerprint density at radius 2 is 2.05 bits per heavy atom. The molecule has 0 unspecified atom stereocenters. The number of carbonyl (C=O) groups is 2. The molecule has 3 rings (SSSR count). The first kappa shape index (κ1) is 13.8. The molecule has 0 saturated carbocycles. The van der Waals surface area contributed by atoms with Gasteiger partial charge in [0.25, 0.3) is 0 Å². The van der Waals surface area contributed by atoms with Crippen LogP contribution in [-0.2, 0) is 7.05 Å². The molecule has 2 aromatic heterocycles. The molecule has 2 heterocycles. The maximum Gasteiger partial charge on any atom is 0.205 e. The molecule has 5 nitrogen and oxygen atoms in total. The van der Waals surface area contributed by atoms with Crippen LogP contribution < -0.4 is 0 Å². The van der Waals surface area contributed by atoms with Crippen LogP contribution >= 0.6 is 15.9 Å². The Balaban J connectivity index is 1.82. The van der Waals surface area contributed by atoms with Crippen molar-refractivity contribution in [3.05, 3.63) is 52.5 Å². The van der Waals surface area contributed by atoms with Gasteiger partial charge in [-0.1, -0.05) is 15.9 Å². The minimum absolute atomic E-state index is 0.187. The lowest BCUT2D eigenvalue weighted by Crippen LogP contribution is -2.09. The summed E-state index contributed by atoms with van der Waals surface area (Å²) in [5.74, 6) is -0.479. The van der Waals surface area contributed by atoms with E-state index in [0.29, 0.717) is 5.58 Å². The predicted octanol–water partition coefficient (Wildman–Crippen LogP) is 3.38. The number of benzene rings is 1. The summed E-state index contributed by atoms with van der Waals surface area (Å²) in [7, 11) is 1.72. The smallest absolute Gasteiger partial charge is 0.205 e. The highest BCUT2D eigenvalue weighted by molar-refractivity contribution is 9.10. The number of nitrogens with zero attached hydrogens (tertiary/aromatic N) is 2. The van der Waals surface area contributed by atoms with Gasteiger partial charge in [0.1, 0.15) is 11.3 Å². The molecule has 0 saturated heterocycles. The molecule has 21 heavy (non-hydrogen) atoms. The number of carbonyl (C=O) groups excluding carboxylic acids is 2. The molecule has 6 heteroatoms. The Hall–Kier alpha value is -2.21. The monoisotopic (exact) mass is 346 g/mol. The van der Waals surface area contributed by atoms with E-state index in [9.17, 15) is 9.59 Å². The van der Waals surface area contributed by atoms with Crippen LogP contribution in [0.4, 0.5) is 0 Å². The average molecular weight is 347 g/mol. The maximum absolute atomic E-state index is 12.1. The Morgan fingerprint density at radius 1 is 1.24 bits per heavy atom. The number of ketones is 2. The fourth-order valence-corrected chi connectivity index (χ4v) is 2.42. The van der Waals surface area contributed by atoms with Gasteiger partial charge in [-0.25, -0.2) is 0 Å². The first-order valence-electron chi connectivity index (χ1n) is 6.28. The van der Waals surface area contributed by atoms with Gasteiger partial charge in [0.2, 0.25) is 5.78 Å². The van der Waals surface area contributed by atoms with Crippen LogP contribution in [0.2, 0.25) is 0 Å². The first-order chi connectivity index (χ1) is 10.0. The number of Topliss-reactive ketones (excluding diaryl/α,β-unsaturated/α-hetero) is 2. The Morgan fingerprint density at radius 3 is 2.76 bits per heavy atom. The van der Waals surface area contributed by atoms with Crippen LogP contribution in [0.3, 0.4) is 0 Å². The number of halogens is 1. The fourth-order valence-electron chi connectivity index (χ4n) is 2.04. The number of furan rings is 1. The third-order valence-corrected chi connectivity index (χ3v) is 3.57. The van der Waals surface area contributed by atoms with Crippen LogP contribution in [0.25, 0.3) is 11.0 Å². The number of hydrogen-bond acceptors (Lipinski definition) is 4. The quantitative estimate of drug-likeness (QED) is 0.536. The second-order valence-corrected chi connectivity index (χ2v) is 5.61. The summed E-state index contributed by atoms with van der Waals surface area (Å²) in [5, 5.41) is 4.81. The minimum atomic E-state index is -0.349. The van der Waals surface area contributed by atoms with Crippen molar-refractivity contribution in [3.63, 3.8) is 0 Å². The summed E-state index contributed by atoms with van der Waals surface area (Å²) < 4.78 is 7.90. The van der Waals surface area contributed by atoms with E-state index in [1.54, 1.807) is 31.4 Å². The van der Waals surface area contributed by atoms with Gasteiger partial charge in [-0.15, -0.1) is 0 Å². The number of aryl methyl sites for hydroxylation is 1. The van der Waals surface area contributed by atoms with Gasteiger partial charge in [-0.05, 0) is 30.3 Å². The average Bonchev–Trinajstić information content (AvgIpc) is 3.04. The Bertz CT molecular complexity index is 848. The van der Waals surface area contributed by atoms with E-state index in [2.05, 4.69) is 21.0 Å². The van der Waals surface area contributed by atoms with Crippen LogP contribution in [-0.4, -0.2) is 21.3 Å². The van der Waals surface area contributed by atoms with Crippen molar-refractivity contribution >= 4 is 38.5 Å². The second-order valence-electron chi connectivity index (χ2n) is 4.69. The zero-order valence-corrected chi connectivity index (χ0v) is 12.8. The SMILES string of the molecule is Cn1ccc(C(=O)CC(=O)c2cc3cc(Br)ccc3o2)n1. The van der Waals surface area contributed by atoms with Crippen LogP contribution in [0.5, 0.6) is 0 Å². The third-order valence-electron chi connectivity index (χ3n) is 3.07. The molecule has 0 spiro atoms. The molecule has 0 amide bonds. The van der Waals surface area contributed by atoms with Crippen molar-refractivity contribution in [3.8, 4) is 0 Å². The van der Waals surface area contributed by atoms with Gasteiger partial charge >= 0.3 is 0 Å². The summed E-state index contributed by atoms with van der Waals surface area (Å²) in [6.45, 7) is 0. The number of aromatic nitrogens is 2. The second kappa shape index (κ2) is 5.29. The molecular weight excluding hydrogens is 336 g/mol. The highest BCUT2D eigenvalue weighted by Gasteiger charge is 2.19. The van der Waals surface area contributed by atoms with E-state index in [0.717, 1.165) is 9.86 Å². The lowest BCUT2D eigenvalue weighted by molar-refractivity contribution is 0.0876. The highest BCUT2D eigenvalue weighted by Crippen LogP contribution is 2.24. The fraction of sp³-hybridized carbons (Fsp3) is 0.133. The van der Waals surface area contributed by atoms with E-state index < -0.39 is 0 Å². The molecule has 1 aromatic carbocycles. The standard InChI is InChI=1S/C15H11BrN2O3/c1-18-5-4-11(17-18)12(19)8-13(20)15-7-9-6-10(16)2-3-14(9)21-15/h2-7H,8H2,1H3. The lowest BCUT2D eigenvalue weighted by Gasteiger charge is -1.95. The molecule has 3 aromatic rings. The molecule has 0 N–H and O–H groups in total. The summed E-state index contributed by atoms with van der Waals surface area (Å²) in [5.41, 5.74) is 0.900. The zero-order chi connectivity index (χ0) is 15.0. The molecule has 0 radical (unpaired) electrons. The number of fused-ring (bicyclic) bond motifs is 1. The van der Waals surface area contributed by atoms with Gasteiger partial charge < -0.3 is 4.42 Å². The number of hydrogen-bond donors (Lipinski definition) is 0. The molecular formula is C15H11BrN2O3. The van der Waals surface area contributed by atoms with Crippen molar-refractivity contribution in [1.82, 2.24) is 9.78 Å². The van der Waals surface area contributed by atoms with E-state index in [-0.39, 0.29) is 29.4 Å². The van der Waals surface area contributed by atoms with Crippen LogP contribution in [0, 0.1) is 0 Å². The molecule has 0 atom stereocenters. The molecule has 106 valence electrons. The molecule has 0 aliphatic rings. The maximum atomic E-state index is 12.1. The van der Waals surface area contributed by atoms with Gasteiger partial charge in [-0.2, -0.15) is 5.10 Å². The Kier molecular flexibility index (Phi) is 3.47. The first-order valence-corrected chi connectivity index (χ1v) is 7.07. The largest absolute Gasteiger partial charge is 0.453 e. The third kappa shape index (κ3) is 2.80. The normalized spacial score (nSPS) is 11.0. The minimum Gasteiger partial charge on any atom is -0.453 e. The van der Waals surface area contributed by atoms with Crippen molar-refractivity contribution in [2.75, 3.05) is 0 Å². The van der Waals surface area contributed by atoms with E-state index in [4.69, 9.17) is 4.42 Å². The van der Waals surface area contributed by atoms with E-state index >= 15 is 0 Å². The van der Waals surface area contributed by atoms with Gasteiger partial charge in [-0.3, -0.25) is 14.3 Å². The lowest BCUT2D eigenvalue weighted by atomic mass is 10.1. The topological polar surface area (TPSA) is 65.1 Å². The van der Waals surface area contributed by atoms with Crippen molar-refractivity contribution < 1.29 is 14.0 Å². The molecule has 0 aliphatic heterocycles.